The minimum atomic E-state index is -0.708. The number of anilines is 1. The maximum atomic E-state index is 14.3. The van der Waals surface area contributed by atoms with Gasteiger partial charge in [0, 0.05) is 17.0 Å². The first-order valence-electron chi connectivity index (χ1n) is 13.5. The summed E-state index contributed by atoms with van der Waals surface area (Å²) in [6, 6.07) is 8.13. The number of amides is 3. The lowest BCUT2D eigenvalue weighted by molar-refractivity contribution is -0.143. The molecule has 0 aliphatic carbocycles. The van der Waals surface area contributed by atoms with E-state index in [2.05, 4.69) is 24.5 Å². The molecule has 2 bridgehead atoms. The zero-order valence-corrected chi connectivity index (χ0v) is 22.9. The number of rotatable bonds is 10. The second-order valence-electron chi connectivity index (χ2n) is 11.0. The Balaban J connectivity index is 1.75. The van der Waals surface area contributed by atoms with Crippen molar-refractivity contribution in [1.29, 1.82) is 0 Å². The summed E-state index contributed by atoms with van der Waals surface area (Å²) in [5, 5.41) is 16.6. The number of thioether (sulfide) groups is 1. The molecule has 3 N–H and O–H groups in total. The number of benzene rings is 1. The second kappa shape index (κ2) is 10.7. The Hall–Kier alpha value is -2.06. The minimum absolute atomic E-state index is 0.0119. The fourth-order valence-corrected chi connectivity index (χ4v) is 9.21. The standard InChI is InChI=1S/C28H41N3O4S/c1-6-11-18(5)29-26(34)24-28-17(4)14-21(36-28)22(25(33)30-19-12-9-8-10-13-19)23(28)27(35)31(24)20(15-32)16(3)7-2/h8-10,12-13,16-18,20-24,32H,6-7,11,14-15H2,1-5H3,(H,29,34)(H,30,33)/t16-,17?,18?,20-,21-,22+,23-,24?,28?/m0/s1. The highest BCUT2D eigenvalue weighted by molar-refractivity contribution is 8.02. The summed E-state index contributed by atoms with van der Waals surface area (Å²) in [6.45, 7) is 10.0. The number of aliphatic hydroxyl groups excluding tert-OH is 1. The number of hydrogen-bond donors (Lipinski definition) is 3. The van der Waals surface area contributed by atoms with Gasteiger partial charge in [-0.3, -0.25) is 14.4 Å². The average molecular weight is 516 g/mol. The number of carbonyl (C=O) groups is 3. The van der Waals surface area contributed by atoms with E-state index in [0.717, 1.165) is 25.7 Å². The summed E-state index contributed by atoms with van der Waals surface area (Å²) >= 11 is 1.67. The third kappa shape index (κ3) is 4.34. The topological polar surface area (TPSA) is 98.7 Å². The number of nitrogens with one attached hydrogen (secondary N) is 2. The average Bonchev–Trinajstić information content (AvgIpc) is 3.44. The van der Waals surface area contributed by atoms with Gasteiger partial charge in [-0.05, 0) is 43.7 Å². The molecule has 1 spiro atoms. The number of carbonyl (C=O) groups excluding carboxylic acids is 3. The van der Waals surface area contributed by atoms with Crippen molar-refractivity contribution in [3.8, 4) is 0 Å². The van der Waals surface area contributed by atoms with Gasteiger partial charge in [-0.1, -0.05) is 58.7 Å². The van der Waals surface area contributed by atoms with Crippen molar-refractivity contribution < 1.29 is 19.5 Å². The van der Waals surface area contributed by atoms with Crippen molar-refractivity contribution in [3.05, 3.63) is 30.3 Å². The number of para-hydroxylation sites is 1. The highest BCUT2D eigenvalue weighted by atomic mass is 32.2. The molecule has 9 atom stereocenters. The van der Waals surface area contributed by atoms with Crippen LogP contribution in [0.4, 0.5) is 5.69 Å². The molecule has 3 heterocycles. The molecular formula is C28H41N3O4S. The van der Waals surface area contributed by atoms with Crippen LogP contribution in [0.25, 0.3) is 0 Å². The third-order valence-electron chi connectivity index (χ3n) is 8.73. The van der Waals surface area contributed by atoms with Crippen molar-refractivity contribution in [2.75, 3.05) is 11.9 Å². The Morgan fingerprint density at radius 3 is 2.50 bits per heavy atom. The molecule has 36 heavy (non-hydrogen) atoms. The van der Waals surface area contributed by atoms with Crippen LogP contribution in [0.15, 0.2) is 30.3 Å². The molecule has 3 amide bonds. The summed E-state index contributed by atoms with van der Waals surface area (Å²) in [7, 11) is 0. The molecule has 3 aliphatic heterocycles. The van der Waals surface area contributed by atoms with Crippen LogP contribution in [0.5, 0.6) is 0 Å². The van der Waals surface area contributed by atoms with Crippen LogP contribution in [0.3, 0.4) is 0 Å². The predicted molar refractivity (Wildman–Crippen MR) is 143 cm³/mol. The zero-order valence-electron chi connectivity index (χ0n) is 22.1. The lowest BCUT2D eigenvalue weighted by Crippen LogP contribution is -2.60. The molecule has 0 saturated carbocycles. The Morgan fingerprint density at radius 1 is 1.19 bits per heavy atom. The van der Waals surface area contributed by atoms with Crippen molar-refractivity contribution in [2.24, 2.45) is 23.7 Å². The van der Waals surface area contributed by atoms with Crippen molar-refractivity contribution in [2.45, 2.75) is 88.4 Å². The van der Waals surface area contributed by atoms with Crippen molar-refractivity contribution in [3.63, 3.8) is 0 Å². The van der Waals surface area contributed by atoms with Crippen LogP contribution in [0, 0.1) is 23.7 Å². The maximum Gasteiger partial charge on any atom is 0.244 e. The van der Waals surface area contributed by atoms with Gasteiger partial charge < -0.3 is 20.6 Å². The lowest BCUT2D eigenvalue weighted by Gasteiger charge is -2.41. The SMILES string of the molecule is CCCC(C)NC(=O)C1N([C@@H](CO)[C@@H](C)CC)C(=O)[C@@H]2[C@H](C(=O)Nc3ccccc3)[C@@H]3CC(C)C12S3. The van der Waals surface area contributed by atoms with E-state index in [4.69, 9.17) is 0 Å². The summed E-state index contributed by atoms with van der Waals surface area (Å²) in [5.41, 5.74) is 0.704. The van der Waals surface area contributed by atoms with Gasteiger partial charge in [-0.2, -0.15) is 0 Å². The summed E-state index contributed by atoms with van der Waals surface area (Å²) in [4.78, 5) is 43.5. The second-order valence-corrected chi connectivity index (χ2v) is 12.5. The summed E-state index contributed by atoms with van der Waals surface area (Å²) in [6.07, 6.45) is 3.36. The summed E-state index contributed by atoms with van der Waals surface area (Å²) in [5.74, 6) is -1.45. The number of nitrogens with zero attached hydrogens (tertiary/aromatic N) is 1. The largest absolute Gasteiger partial charge is 0.394 e. The summed E-state index contributed by atoms with van der Waals surface area (Å²) < 4.78 is -0.683. The Bertz CT molecular complexity index is 975. The first kappa shape index (κ1) is 27.0. The minimum Gasteiger partial charge on any atom is -0.394 e. The van der Waals surface area contributed by atoms with E-state index in [1.165, 1.54) is 0 Å². The van der Waals surface area contributed by atoms with Gasteiger partial charge in [0.25, 0.3) is 0 Å². The molecular weight excluding hydrogens is 474 g/mol. The smallest absolute Gasteiger partial charge is 0.244 e. The molecule has 1 aromatic carbocycles. The Morgan fingerprint density at radius 2 is 1.89 bits per heavy atom. The molecule has 7 nitrogen and oxygen atoms in total. The van der Waals surface area contributed by atoms with E-state index < -0.39 is 28.7 Å². The molecule has 3 aliphatic rings. The quantitative estimate of drug-likeness (QED) is 0.442. The van der Waals surface area contributed by atoms with E-state index in [1.54, 1.807) is 16.7 Å². The van der Waals surface area contributed by atoms with E-state index in [1.807, 2.05) is 51.1 Å². The number of likely N-dealkylation sites (tertiary alicyclic amines) is 1. The van der Waals surface area contributed by atoms with Gasteiger partial charge in [0.2, 0.25) is 17.7 Å². The molecule has 1 aromatic rings. The van der Waals surface area contributed by atoms with Crippen LogP contribution in [-0.4, -0.2) is 62.5 Å². The third-order valence-corrected chi connectivity index (χ3v) is 10.8. The van der Waals surface area contributed by atoms with Crippen LogP contribution in [0.2, 0.25) is 0 Å². The first-order chi connectivity index (χ1) is 17.2. The fraction of sp³-hybridized carbons (Fsp3) is 0.679. The highest BCUT2D eigenvalue weighted by Crippen LogP contribution is 2.69. The van der Waals surface area contributed by atoms with Crippen LogP contribution >= 0.6 is 11.8 Å². The van der Waals surface area contributed by atoms with Gasteiger partial charge in [-0.15, -0.1) is 11.8 Å². The van der Waals surface area contributed by atoms with Crippen LogP contribution in [0.1, 0.15) is 60.3 Å². The predicted octanol–water partition coefficient (Wildman–Crippen LogP) is 3.67. The van der Waals surface area contributed by atoms with E-state index in [0.29, 0.717) is 5.69 Å². The normalized spacial score (nSPS) is 33.2. The molecule has 4 unspecified atom stereocenters. The van der Waals surface area contributed by atoms with E-state index in [9.17, 15) is 19.5 Å². The van der Waals surface area contributed by atoms with Crippen LogP contribution in [-0.2, 0) is 14.4 Å². The van der Waals surface area contributed by atoms with Gasteiger partial charge >= 0.3 is 0 Å². The highest BCUT2D eigenvalue weighted by Gasteiger charge is 2.76. The van der Waals surface area contributed by atoms with Gasteiger partial charge in [0.15, 0.2) is 0 Å². The van der Waals surface area contributed by atoms with Gasteiger partial charge in [0.05, 0.1) is 29.2 Å². The lowest BCUT2D eigenvalue weighted by atomic mass is 9.65. The maximum absolute atomic E-state index is 14.3. The molecule has 3 saturated heterocycles. The molecule has 0 radical (unpaired) electrons. The van der Waals surface area contributed by atoms with Crippen molar-refractivity contribution in [1.82, 2.24) is 10.2 Å². The van der Waals surface area contributed by atoms with Crippen molar-refractivity contribution >= 4 is 35.2 Å². The zero-order chi connectivity index (χ0) is 26.2. The Kier molecular flexibility index (Phi) is 8.05. The first-order valence-corrected chi connectivity index (χ1v) is 14.4. The number of fused-ring (bicyclic) bond motifs is 1. The Labute approximate surface area is 219 Å². The van der Waals surface area contributed by atoms with Gasteiger partial charge in [0.1, 0.15) is 6.04 Å². The molecule has 0 aromatic heterocycles. The number of hydrogen-bond acceptors (Lipinski definition) is 5. The molecule has 8 heteroatoms. The molecule has 4 rings (SSSR count). The van der Waals surface area contributed by atoms with Crippen LogP contribution < -0.4 is 10.6 Å². The fourth-order valence-electron chi connectivity index (χ4n) is 6.80. The molecule has 3 fully saturated rings. The van der Waals surface area contributed by atoms with E-state index >= 15 is 0 Å². The molecule has 198 valence electrons. The van der Waals surface area contributed by atoms with Gasteiger partial charge in [-0.25, -0.2) is 0 Å². The van der Waals surface area contributed by atoms with E-state index in [-0.39, 0.29) is 47.5 Å². The monoisotopic (exact) mass is 515 g/mol. The number of aliphatic hydroxyl groups is 1.